The molecule has 0 spiro atoms. The van der Waals surface area contributed by atoms with Crippen LogP contribution in [0.4, 0.5) is 5.82 Å². The molecule has 4 rings (SSSR count). The number of carbonyl (C=O) groups excluding carboxylic acids is 1. The van der Waals surface area contributed by atoms with Crippen molar-refractivity contribution in [3.63, 3.8) is 0 Å². The van der Waals surface area contributed by atoms with Crippen LogP contribution in [0.1, 0.15) is 26.7 Å². The molecule has 168 valence electrons. The molecule has 3 aromatic rings. The van der Waals surface area contributed by atoms with E-state index in [0.29, 0.717) is 55.1 Å². The first-order valence-electron chi connectivity index (χ1n) is 10.6. The van der Waals surface area contributed by atoms with Gasteiger partial charge >= 0.3 is 0 Å². The quantitative estimate of drug-likeness (QED) is 0.558. The summed E-state index contributed by atoms with van der Waals surface area (Å²) in [5, 5.41) is 4.61. The van der Waals surface area contributed by atoms with Gasteiger partial charge in [0.25, 0.3) is 5.91 Å². The Kier molecular flexibility index (Phi) is 6.32. The van der Waals surface area contributed by atoms with Crippen LogP contribution < -0.4 is 9.64 Å². The number of aromatic nitrogens is 3. The fourth-order valence-corrected chi connectivity index (χ4v) is 3.71. The number of halogens is 1. The number of aryl methyl sites for hydroxylation is 1. The van der Waals surface area contributed by atoms with Crippen LogP contribution in [0.5, 0.6) is 5.75 Å². The summed E-state index contributed by atoms with van der Waals surface area (Å²) in [5.74, 6) is 2.58. The molecular formula is C23H26ClN5O3. The van der Waals surface area contributed by atoms with E-state index in [0.717, 1.165) is 11.4 Å². The molecule has 32 heavy (non-hydrogen) atoms. The molecule has 0 atom stereocenters. The number of ether oxygens (including phenoxy) is 1. The summed E-state index contributed by atoms with van der Waals surface area (Å²) >= 11 is 5.93. The topological polar surface area (TPSA) is 84.6 Å². The number of benzene rings is 1. The lowest BCUT2D eigenvalue weighted by atomic mass is 10.1. The Morgan fingerprint density at radius 2 is 1.84 bits per heavy atom. The minimum Gasteiger partial charge on any atom is -0.478 e. The van der Waals surface area contributed by atoms with Crippen LogP contribution in [0.2, 0.25) is 5.02 Å². The van der Waals surface area contributed by atoms with Gasteiger partial charge < -0.3 is 19.1 Å². The average molecular weight is 456 g/mol. The van der Waals surface area contributed by atoms with E-state index < -0.39 is 5.60 Å². The fourth-order valence-electron chi connectivity index (χ4n) is 3.58. The molecular weight excluding hydrogens is 430 g/mol. The van der Waals surface area contributed by atoms with Crippen LogP contribution in [0.3, 0.4) is 0 Å². The van der Waals surface area contributed by atoms with Crippen molar-refractivity contribution in [1.82, 2.24) is 20.0 Å². The van der Waals surface area contributed by atoms with Gasteiger partial charge in [0.15, 0.2) is 5.60 Å². The van der Waals surface area contributed by atoms with E-state index in [9.17, 15) is 4.79 Å². The molecule has 0 aliphatic carbocycles. The normalized spacial score (nSPS) is 14.5. The molecule has 8 nitrogen and oxygen atoms in total. The summed E-state index contributed by atoms with van der Waals surface area (Å²) < 4.78 is 11.1. The molecule has 0 N–H and O–H groups in total. The van der Waals surface area contributed by atoms with E-state index in [4.69, 9.17) is 20.9 Å². The third kappa shape index (κ3) is 4.85. The fraction of sp³-hybridized carbons (Fsp3) is 0.391. The van der Waals surface area contributed by atoms with Crippen LogP contribution in [0.25, 0.3) is 11.4 Å². The van der Waals surface area contributed by atoms with Crippen LogP contribution in [-0.2, 0) is 11.2 Å². The summed E-state index contributed by atoms with van der Waals surface area (Å²) in [6, 6.07) is 10.9. The zero-order chi connectivity index (χ0) is 22.7. The van der Waals surface area contributed by atoms with Gasteiger partial charge in [-0.2, -0.15) is 4.98 Å². The lowest BCUT2D eigenvalue weighted by molar-refractivity contribution is -0.145. The van der Waals surface area contributed by atoms with Gasteiger partial charge in [-0.1, -0.05) is 23.7 Å². The molecule has 1 aliphatic heterocycles. The van der Waals surface area contributed by atoms with Gasteiger partial charge in [-0.3, -0.25) is 4.79 Å². The molecule has 2 aromatic heterocycles. The Morgan fingerprint density at radius 3 is 2.44 bits per heavy atom. The highest BCUT2D eigenvalue weighted by molar-refractivity contribution is 6.30. The Hall–Kier alpha value is -3.13. The van der Waals surface area contributed by atoms with Crippen molar-refractivity contribution in [2.24, 2.45) is 0 Å². The summed E-state index contributed by atoms with van der Waals surface area (Å²) in [7, 11) is 0. The number of hydrogen-bond donors (Lipinski definition) is 0. The maximum atomic E-state index is 13.1. The standard InChI is InChI=1S/C23H26ClN5O3/c1-4-20-26-21(27-32-20)16-5-10-19(25-15-16)28-11-13-29(14-12-28)22(30)23(2,3)31-18-8-6-17(24)7-9-18/h5-10,15H,4,11-14H2,1-3H3. The van der Waals surface area contributed by atoms with Gasteiger partial charge in [0.1, 0.15) is 11.6 Å². The SMILES string of the molecule is CCc1nc(-c2ccc(N3CCN(C(=O)C(C)(C)Oc4ccc(Cl)cc4)CC3)nc2)no1. The molecule has 0 unspecified atom stereocenters. The maximum Gasteiger partial charge on any atom is 0.266 e. The van der Waals surface area contributed by atoms with E-state index in [-0.39, 0.29) is 5.91 Å². The van der Waals surface area contributed by atoms with Crippen molar-refractivity contribution < 1.29 is 14.1 Å². The number of amides is 1. The lowest BCUT2D eigenvalue weighted by Gasteiger charge is -2.39. The van der Waals surface area contributed by atoms with E-state index in [1.54, 1.807) is 44.3 Å². The molecule has 0 saturated carbocycles. The van der Waals surface area contributed by atoms with E-state index in [1.165, 1.54) is 0 Å². The molecule has 3 heterocycles. The Morgan fingerprint density at radius 1 is 1.12 bits per heavy atom. The molecule has 0 radical (unpaired) electrons. The molecule has 1 fully saturated rings. The Labute approximate surface area is 192 Å². The first-order chi connectivity index (χ1) is 15.4. The minimum absolute atomic E-state index is 0.0424. The second-order valence-electron chi connectivity index (χ2n) is 8.12. The van der Waals surface area contributed by atoms with Gasteiger partial charge in [-0.05, 0) is 50.2 Å². The molecule has 1 aliphatic rings. The first kappa shape index (κ1) is 22.1. The van der Waals surface area contributed by atoms with Gasteiger partial charge in [0.2, 0.25) is 11.7 Å². The third-order valence-electron chi connectivity index (χ3n) is 5.37. The highest BCUT2D eigenvalue weighted by atomic mass is 35.5. The second-order valence-corrected chi connectivity index (χ2v) is 8.55. The number of pyridine rings is 1. The minimum atomic E-state index is -0.974. The van der Waals surface area contributed by atoms with Crippen LogP contribution in [0.15, 0.2) is 47.1 Å². The van der Waals surface area contributed by atoms with Crippen LogP contribution >= 0.6 is 11.6 Å². The van der Waals surface area contributed by atoms with Crippen molar-refractivity contribution in [3.05, 3.63) is 53.5 Å². The smallest absolute Gasteiger partial charge is 0.266 e. The second kappa shape index (κ2) is 9.16. The Balaban J connectivity index is 1.35. The number of rotatable bonds is 6. The highest BCUT2D eigenvalue weighted by Gasteiger charge is 2.35. The predicted octanol–water partition coefficient (Wildman–Crippen LogP) is 3.85. The summed E-state index contributed by atoms with van der Waals surface area (Å²) in [6.07, 6.45) is 2.45. The van der Waals surface area contributed by atoms with Crippen molar-refractivity contribution in [2.75, 3.05) is 31.1 Å². The molecule has 1 aromatic carbocycles. The summed E-state index contributed by atoms with van der Waals surface area (Å²) in [6.45, 7) is 8.13. The van der Waals surface area contributed by atoms with Crippen molar-refractivity contribution >= 4 is 23.3 Å². The average Bonchev–Trinajstić information content (AvgIpc) is 3.30. The van der Waals surface area contributed by atoms with E-state index in [2.05, 4.69) is 20.0 Å². The van der Waals surface area contributed by atoms with Gasteiger partial charge in [-0.25, -0.2) is 4.98 Å². The summed E-state index contributed by atoms with van der Waals surface area (Å²) in [5.41, 5.74) is -0.162. The van der Waals surface area contributed by atoms with E-state index in [1.807, 2.05) is 24.0 Å². The highest BCUT2D eigenvalue weighted by Crippen LogP contribution is 2.24. The maximum absolute atomic E-state index is 13.1. The zero-order valence-electron chi connectivity index (χ0n) is 18.4. The van der Waals surface area contributed by atoms with Crippen molar-refractivity contribution in [3.8, 4) is 17.1 Å². The van der Waals surface area contributed by atoms with Crippen molar-refractivity contribution in [1.29, 1.82) is 0 Å². The number of hydrogen-bond acceptors (Lipinski definition) is 7. The zero-order valence-corrected chi connectivity index (χ0v) is 19.2. The first-order valence-corrected chi connectivity index (χ1v) is 11.0. The molecule has 0 bridgehead atoms. The van der Waals surface area contributed by atoms with E-state index >= 15 is 0 Å². The number of piperazine rings is 1. The number of anilines is 1. The predicted molar refractivity (Wildman–Crippen MR) is 122 cm³/mol. The number of nitrogens with zero attached hydrogens (tertiary/aromatic N) is 5. The summed E-state index contributed by atoms with van der Waals surface area (Å²) in [4.78, 5) is 26.0. The lowest BCUT2D eigenvalue weighted by Crippen LogP contribution is -2.56. The van der Waals surface area contributed by atoms with Crippen LogP contribution in [0, 0.1) is 0 Å². The largest absolute Gasteiger partial charge is 0.478 e. The third-order valence-corrected chi connectivity index (χ3v) is 5.62. The monoisotopic (exact) mass is 455 g/mol. The van der Waals surface area contributed by atoms with Gasteiger partial charge in [0.05, 0.1) is 0 Å². The Bertz CT molecular complexity index is 1060. The van der Waals surface area contributed by atoms with Gasteiger partial charge in [-0.15, -0.1) is 0 Å². The van der Waals surface area contributed by atoms with Crippen LogP contribution in [-0.4, -0.2) is 57.7 Å². The molecule has 1 saturated heterocycles. The number of carbonyl (C=O) groups is 1. The molecule has 1 amide bonds. The van der Waals surface area contributed by atoms with Crippen molar-refractivity contribution in [2.45, 2.75) is 32.8 Å². The molecule has 9 heteroatoms. The van der Waals surface area contributed by atoms with Gasteiger partial charge in [0, 0.05) is 49.4 Å².